The number of piperidine rings is 1. The molecule has 0 spiro atoms. The molecule has 2 aromatic carbocycles. The number of nitrogens with zero attached hydrogens (tertiary/aromatic N) is 3. The van der Waals surface area contributed by atoms with Crippen molar-refractivity contribution in [1.82, 2.24) is 4.90 Å². The molecule has 1 aliphatic carbocycles. The van der Waals surface area contributed by atoms with Crippen LogP contribution >= 0.6 is 0 Å². The number of esters is 1. The molecule has 8 heteroatoms. The Hall–Kier alpha value is -2.89. The average Bonchev–Trinajstić information content (AvgIpc) is 3.31. The van der Waals surface area contributed by atoms with Crippen molar-refractivity contribution in [1.29, 1.82) is 5.26 Å². The van der Waals surface area contributed by atoms with Crippen molar-refractivity contribution < 1.29 is 17.9 Å². The molecule has 3 fully saturated rings. The van der Waals surface area contributed by atoms with Gasteiger partial charge >= 0.3 is 5.97 Å². The van der Waals surface area contributed by atoms with E-state index in [9.17, 15) is 18.5 Å². The molecule has 0 amide bonds. The van der Waals surface area contributed by atoms with Gasteiger partial charge in [0.25, 0.3) is 0 Å². The maximum atomic E-state index is 11.7. The highest BCUT2D eigenvalue weighted by atomic mass is 32.2. The summed E-state index contributed by atoms with van der Waals surface area (Å²) in [7, 11) is -3.18. The minimum absolute atomic E-state index is 0.0473. The second-order valence-electron chi connectivity index (χ2n) is 11.7. The lowest BCUT2D eigenvalue weighted by Gasteiger charge is -2.45. The average molecular weight is 550 g/mol. The number of carbonyl (C=O) groups excluding carboxylic acids is 1. The lowest BCUT2D eigenvalue weighted by atomic mass is 9.84. The Bertz CT molecular complexity index is 1300. The monoisotopic (exact) mass is 549 g/mol. The molecule has 2 aliphatic heterocycles. The number of benzene rings is 2. The Morgan fingerprint density at radius 2 is 1.77 bits per heavy atom. The summed E-state index contributed by atoms with van der Waals surface area (Å²) in [5.74, 6) is 1.13. The van der Waals surface area contributed by atoms with E-state index in [0.29, 0.717) is 22.6 Å². The number of sulfone groups is 1. The zero-order valence-electron chi connectivity index (χ0n) is 23.0. The molecule has 3 aliphatic rings. The second kappa shape index (κ2) is 11.7. The zero-order chi connectivity index (χ0) is 27.6. The first kappa shape index (κ1) is 27.7. The summed E-state index contributed by atoms with van der Waals surface area (Å²) >= 11 is 0. The van der Waals surface area contributed by atoms with Crippen molar-refractivity contribution in [3.63, 3.8) is 0 Å². The van der Waals surface area contributed by atoms with Gasteiger partial charge < -0.3 is 9.64 Å². The van der Waals surface area contributed by atoms with Gasteiger partial charge in [-0.1, -0.05) is 24.3 Å². The van der Waals surface area contributed by atoms with Crippen molar-refractivity contribution in [3.05, 3.63) is 59.7 Å². The first-order valence-electron chi connectivity index (χ1n) is 14.1. The molecule has 2 unspecified atom stereocenters. The van der Waals surface area contributed by atoms with E-state index in [1.54, 1.807) is 12.1 Å². The fourth-order valence-corrected chi connectivity index (χ4v) is 7.27. The van der Waals surface area contributed by atoms with Crippen LogP contribution in [0.25, 0.3) is 0 Å². The third-order valence-corrected chi connectivity index (χ3v) is 9.93. The summed E-state index contributed by atoms with van der Waals surface area (Å²) in [6.45, 7) is 5.20. The van der Waals surface area contributed by atoms with Crippen molar-refractivity contribution in [3.8, 4) is 6.07 Å². The fourth-order valence-electron chi connectivity index (χ4n) is 6.63. The lowest BCUT2D eigenvalue weighted by Crippen LogP contribution is -2.54. The van der Waals surface area contributed by atoms with E-state index in [1.807, 2.05) is 12.1 Å². The van der Waals surface area contributed by atoms with Gasteiger partial charge in [0.15, 0.2) is 9.84 Å². The van der Waals surface area contributed by atoms with Crippen molar-refractivity contribution >= 4 is 21.5 Å². The van der Waals surface area contributed by atoms with Crippen LogP contribution in [0.5, 0.6) is 0 Å². The number of nitriles is 1. The molecule has 0 N–H and O–H groups in total. The van der Waals surface area contributed by atoms with E-state index in [0.717, 1.165) is 70.4 Å². The molecule has 4 atom stereocenters. The van der Waals surface area contributed by atoms with Crippen LogP contribution in [0.15, 0.2) is 53.4 Å². The molecule has 2 heterocycles. The number of anilines is 1. The maximum absolute atomic E-state index is 11.7. The number of ether oxygens (including phenoxy) is 1. The Labute approximate surface area is 232 Å². The van der Waals surface area contributed by atoms with Gasteiger partial charge in [0, 0.05) is 44.4 Å². The molecule has 208 valence electrons. The Morgan fingerprint density at radius 3 is 2.41 bits per heavy atom. The second-order valence-corrected chi connectivity index (χ2v) is 13.7. The summed E-state index contributed by atoms with van der Waals surface area (Å²) in [6, 6.07) is 18.5. The predicted octanol–water partition coefficient (Wildman–Crippen LogP) is 4.57. The SMILES string of the molecule is CC(=O)O[C@@H]1CCC[C@H]1Cc1ccc(C2CCN(CC3CN(c4ccc(S(C)(=O)=O)cc4)C3)C(C#N)C2)cc1. The molecule has 0 bridgehead atoms. The normalized spacial score (nSPS) is 26.1. The van der Waals surface area contributed by atoms with Gasteiger partial charge in [0.05, 0.1) is 17.0 Å². The molecule has 2 aromatic rings. The quantitative estimate of drug-likeness (QED) is 0.446. The van der Waals surface area contributed by atoms with Gasteiger partial charge in [0.1, 0.15) is 6.10 Å². The molecular formula is C31H39N3O4S. The number of rotatable bonds is 8. The van der Waals surface area contributed by atoms with Crippen LogP contribution in [0.4, 0.5) is 5.69 Å². The van der Waals surface area contributed by atoms with Crippen molar-refractivity contribution in [2.45, 2.75) is 68.4 Å². The molecule has 39 heavy (non-hydrogen) atoms. The van der Waals surface area contributed by atoms with Crippen LogP contribution in [-0.4, -0.2) is 63.9 Å². The van der Waals surface area contributed by atoms with E-state index in [1.165, 1.54) is 24.3 Å². The minimum Gasteiger partial charge on any atom is -0.462 e. The number of hydrogen-bond acceptors (Lipinski definition) is 7. The minimum atomic E-state index is -3.18. The predicted molar refractivity (Wildman–Crippen MR) is 151 cm³/mol. The van der Waals surface area contributed by atoms with Crippen LogP contribution in [-0.2, 0) is 25.8 Å². The van der Waals surface area contributed by atoms with Crippen LogP contribution in [0, 0.1) is 23.2 Å². The molecular weight excluding hydrogens is 510 g/mol. The maximum Gasteiger partial charge on any atom is 0.302 e. The summed E-state index contributed by atoms with van der Waals surface area (Å²) in [4.78, 5) is 16.4. The summed E-state index contributed by atoms with van der Waals surface area (Å²) in [5, 5.41) is 9.96. The van der Waals surface area contributed by atoms with Gasteiger partial charge in [-0.3, -0.25) is 9.69 Å². The van der Waals surface area contributed by atoms with Gasteiger partial charge in [-0.25, -0.2) is 8.42 Å². The first-order chi connectivity index (χ1) is 18.7. The molecule has 7 nitrogen and oxygen atoms in total. The number of likely N-dealkylation sites (tertiary alicyclic amines) is 1. The van der Waals surface area contributed by atoms with Crippen molar-refractivity contribution in [2.24, 2.45) is 11.8 Å². The van der Waals surface area contributed by atoms with Crippen LogP contribution in [0.3, 0.4) is 0 Å². The Morgan fingerprint density at radius 1 is 1.05 bits per heavy atom. The Balaban J connectivity index is 1.10. The smallest absolute Gasteiger partial charge is 0.302 e. The van der Waals surface area contributed by atoms with Gasteiger partial charge in [-0.05, 0) is 92.3 Å². The molecule has 0 radical (unpaired) electrons. The third kappa shape index (κ3) is 6.64. The largest absolute Gasteiger partial charge is 0.462 e. The standard InChI is InChI=1S/C31H39N3O4S/c1-22(35)38-31-5-3-4-27(31)16-23-6-8-25(9-7-23)26-14-15-33(29(17-26)18-32)19-24-20-34(21-24)28-10-12-30(13-11-28)39(2,36)37/h6-13,24,26-27,29,31H,3-5,14-17,19-21H2,1-2H3/t26?,27-,29?,31+/m0/s1. The van der Waals surface area contributed by atoms with Crippen LogP contribution < -0.4 is 4.90 Å². The van der Waals surface area contributed by atoms with Gasteiger partial charge in [-0.2, -0.15) is 5.26 Å². The van der Waals surface area contributed by atoms with Crippen LogP contribution in [0.2, 0.25) is 0 Å². The number of hydrogen-bond donors (Lipinski definition) is 0. The van der Waals surface area contributed by atoms with Gasteiger partial charge in [-0.15, -0.1) is 0 Å². The topological polar surface area (TPSA) is 90.7 Å². The molecule has 2 saturated heterocycles. The summed E-state index contributed by atoms with van der Waals surface area (Å²) in [6.07, 6.45) is 7.32. The highest BCUT2D eigenvalue weighted by Gasteiger charge is 2.35. The first-order valence-corrected chi connectivity index (χ1v) is 16.0. The number of carbonyl (C=O) groups is 1. The molecule has 0 aromatic heterocycles. The zero-order valence-corrected chi connectivity index (χ0v) is 23.8. The van der Waals surface area contributed by atoms with Gasteiger partial charge in [0.2, 0.25) is 0 Å². The highest BCUT2D eigenvalue weighted by molar-refractivity contribution is 7.90. The summed E-state index contributed by atoms with van der Waals surface area (Å²) < 4.78 is 28.9. The lowest BCUT2D eigenvalue weighted by molar-refractivity contribution is -0.148. The van der Waals surface area contributed by atoms with E-state index in [2.05, 4.69) is 40.1 Å². The van der Waals surface area contributed by atoms with E-state index in [-0.39, 0.29) is 18.1 Å². The van der Waals surface area contributed by atoms with Crippen molar-refractivity contribution in [2.75, 3.05) is 37.3 Å². The molecule has 5 rings (SSSR count). The third-order valence-electron chi connectivity index (χ3n) is 8.80. The Kier molecular flexibility index (Phi) is 8.29. The fraction of sp³-hybridized carbons (Fsp3) is 0.548. The van der Waals surface area contributed by atoms with Crippen LogP contribution in [0.1, 0.15) is 56.1 Å². The van der Waals surface area contributed by atoms with E-state index < -0.39 is 9.84 Å². The molecule has 1 saturated carbocycles. The highest BCUT2D eigenvalue weighted by Crippen LogP contribution is 2.35. The van der Waals surface area contributed by atoms with E-state index in [4.69, 9.17) is 4.74 Å². The van der Waals surface area contributed by atoms with E-state index >= 15 is 0 Å². The summed E-state index contributed by atoms with van der Waals surface area (Å²) in [5.41, 5.74) is 3.65.